The number of amides is 2. The maximum atomic E-state index is 12.4. The number of hydrogen-bond donors (Lipinski definition) is 1. The van der Waals surface area contributed by atoms with Gasteiger partial charge < -0.3 is 15.0 Å². The summed E-state index contributed by atoms with van der Waals surface area (Å²) < 4.78 is 5.49. The minimum absolute atomic E-state index is 0.0204. The van der Waals surface area contributed by atoms with Crippen LogP contribution in [-0.4, -0.2) is 48.6 Å². The first kappa shape index (κ1) is 14.4. The molecule has 112 valence electrons. The number of hydrogen-bond acceptors (Lipinski definition) is 3. The number of nitrogens with zero attached hydrogens (tertiary/aromatic N) is 1. The van der Waals surface area contributed by atoms with Crippen molar-refractivity contribution in [3.05, 3.63) is 34.9 Å². The van der Waals surface area contributed by atoms with Gasteiger partial charge in [-0.05, 0) is 18.1 Å². The van der Waals surface area contributed by atoms with Gasteiger partial charge in [0.05, 0.1) is 18.6 Å². The predicted octanol–water partition coefficient (Wildman–Crippen LogP) is 0.998. The van der Waals surface area contributed by atoms with Crippen LogP contribution in [0.25, 0.3) is 0 Å². The lowest BCUT2D eigenvalue weighted by Crippen LogP contribution is -2.61. The van der Waals surface area contributed by atoms with Crippen LogP contribution < -0.4 is 5.32 Å². The van der Waals surface area contributed by atoms with Crippen molar-refractivity contribution in [2.45, 2.75) is 25.0 Å². The molecule has 2 heterocycles. The zero-order valence-corrected chi connectivity index (χ0v) is 12.3. The number of ether oxygens (including phenoxy) is 1. The van der Waals surface area contributed by atoms with Crippen LogP contribution in [0.2, 0.25) is 5.02 Å². The molecular formula is C15H17ClN2O3. The number of carbonyl (C=O) groups excluding carboxylic acids is 2. The van der Waals surface area contributed by atoms with Crippen LogP contribution in [0.3, 0.4) is 0 Å². The summed E-state index contributed by atoms with van der Waals surface area (Å²) >= 11 is 6.09. The van der Waals surface area contributed by atoms with Gasteiger partial charge >= 0.3 is 0 Å². The van der Waals surface area contributed by atoms with Crippen LogP contribution in [0.15, 0.2) is 24.3 Å². The molecule has 2 amide bonds. The van der Waals surface area contributed by atoms with E-state index in [1.807, 2.05) is 18.2 Å². The van der Waals surface area contributed by atoms with Crippen molar-refractivity contribution >= 4 is 23.4 Å². The number of nitrogens with one attached hydrogen (secondary N) is 1. The summed E-state index contributed by atoms with van der Waals surface area (Å²) in [6.07, 6.45) is 1.05. The second-order valence-corrected chi connectivity index (χ2v) is 5.83. The number of carbonyl (C=O) groups is 2. The Morgan fingerprint density at radius 3 is 3.05 bits per heavy atom. The fourth-order valence-electron chi connectivity index (χ4n) is 2.84. The average Bonchev–Trinajstić information content (AvgIpc) is 2.48. The monoisotopic (exact) mass is 308 g/mol. The average molecular weight is 309 g/mol. The summed E-state index contributed by atoms with van der Waals surface area (Å²) in [5.74, 6) is -0.0852. The first-order valence-electron chi connectivity index (χ1n) is 7.05. The Bertz CT molecular complexity index is 564. The zero-order valence-electron chi connectivity index (χ0n) is 11.5. The lowest BCUT2D eigenvalue weighted by Gasteiger charge is -2.41. The van der Waals surface area contributed by atoms with E-state index in [0.29, 0.717) is 18.1 Å². The normalized spacial score (nSPS) is 25.2. The van der Waals surface area contributed by atoms with Gasteiger partial charge in [0.25, 0.3) is 0 Å². The van der Waals surface area contributed by atoms with Gasteiger partial charge in [0, 0.05) is 18.1 Å². The third-order valence-electron chi connectivity index (χ3n) is 3.98. The Balaban J connectivity index is 1.63. The van der Waals surface area contributed by atoms with E-state index in [0.717, 1.165) is 12.0 Å². The minimum atomic E-state index is -0.114. The van der Waals surface area contributed by atoms with Crippen LogP contribution >= 0.6 is 11.6 Å². The fourth-order valence-corrected chi connectivity index (χ4v) is 3.05. The molecule has 2 fully saturated rings. The molecule has 2 aliphatic heterocycles. The highest BCUT2D eigenvalue weighted by Crippen LogP contribution is 2.20. The SMILES string of the molecule is O=C1CO[C@@H]2CCN(C(=O)Cc3ccccc3Cl)C[C@@H]2N1. The summed E-state index contributed by atoms with van der Waals surface area (Å²) in [5, 5.41) is 3.50. The van der Waals surface area contributed by atoms with E-state index in [9.17, 15) is 9.59 Å². The van der Waals surface area contributed by atoms with Crippen LogP contribution in [0.1, 0.15) is 12.0 Å². The number of rotatable bonds is 2. The van der Waals surface area contributed by atoms with Crippen molar-refractivity contribution < 1.29 is 14.3 Å². The van der Waals surface area contributed by atoms with Gasteiger partial charge in [-0.2, -0.15) is 0 Å². The Morgan fingerprint density at radius 1 is 1.43 bits per heavy atom. The first-order chi connectivity index (χ1) is 10.1. The van der Waals surface area contributed by atoms with Gasteiger partial charge in [0.1, 0.15) is 6.61 Å². The summed E-state index contributed by atoms with van der Waals surface area (Å²) in [6.45, 7) is 1.27. The van der Waals surface area contributed by atoms with Gasteiger partial charge in [0.2, 0.25) is 11.8 Å². The van der Waals surface area contributed by atoms with E-state index in [2.05, 4.69) is 5.32 Å². The largest absolute Gasteiger partial charge is 0.366 e. The first-order valence-corrected chi connectivity index (χ1v) is 7.43. The molecular weight excluding hydrogens is 292 g/mol. The Morgan fingerprint density at radius 2 is 2.24 bits per heavy atom. The molecule has 1 aromatic rings. The molecule has 1 aromatic carbocycles. The number of likely N-dealkylation sites (tertiary alicyclic amines) is 1. The molecule has 0 radical (unpaired) electrons. The van der Waals surface area contributed by atoms with Crippen molar-refractivity contribution in [3.8, 4) is 0 Å². The summed E-state index contributed by atoms with van der Waals surface area (Å²) in [7, 11) is 0. The van der Waals surface area contributed by atoms with Crippen molar-refractivity contribution in [3.63, 3.8) is 0 Å². The zero-order chi connectivity index (χ0) is 14.8. The molecule has 0 bridgehead atoms. The molecule has 0 unspecified atom stereocenters. The second kappa shape index (κ2) is 6.03. The number of morpholine rings is 1. The molecule has 1 N–H and O–H groups in total. The Hall–Kier alpha value is -1.59. The van der Waals surface area contributed by atoms with E-state index in [-0.39, 0.29) is 37.0 Å². The van der Waals surface area contributed by atoms with Crippen LogP contribution in [-0.2, 0) is 20.7 Å². The number of fused-ring (bicyclic) bond motifs is 1. The topological polar surface area (TPSA) is 58.6 Å². The molecule has 6 heteroatoms. The maximum absolute atomic E-state index is 12.4. The van der Waals surface area contributed by atoms with E-state index in [1.165, 1.54) is 0 Å². The third-order valence-corrected chi connectivity index (χ3v) is 4.35. The second-order valence-electron chi connectivity index (χ2n) is 5.42. The third kappa shape index (κ3) is 3.19. The standard InChI is InChI=1S/C15H17ClN2O3/c16-11-4-2-1-3-10(11)7-15(20)18-6-5-13-12(8-18)17-14(19)9-21-13/h1-4,12-13H,5-9H2,(H,17,19)/t12-,13+/m0/s1. The Labute approximate surface area is 128 Å². The van der Waals surface area contributed by atoms with Gasteiger partial charge in [-0.25, -0.2) is 0 Å². The number of halogens is 1. The van der Waals surface area contributed by atoms with Crippen molar-refractivity contribution in [2.75, 3.05) is 19.7 Å². The smallest absolute Gasteiger partial charge is 0.246 e. The quantitative estimate of drug-likeness (QED) is 0.887. The van der Waals surface area contributed by atoms with Crippen LogP contribution in [0.4, 0.5) is 0 Å². The Kier molecular flexibility index (Phi) is 4.12. The molecule has 2 atom stereocenters. The lowest BCUT2D eigenvalue weighted by molar-refractivity contribution is -0.146. The molecule has 0 spiro atoms. The summed E-state index contributed by atoms with van der Waals surface area (Å²) in [5.41, 5.74) is 0.829. The molecule has 2 saturated heterocycles. The highest BCUT2D eigenvalue weighted by Gasteiger charge is 2.36. The van der Waals surface area contributed by atoms with Gasteiger partial charge in [-0.1, -0.05) is 29.8 Å². The lowest BCUT2D eigenvalue weighted by atomic mass is 9.99. The molecule has 0 aromatic heterocycles. The summed E-state index contributed by atoms with van der Waals surface area (Å²) in [6, 6.07) is 7.26. The molecule has 0 saturated carbocycles. The number of benzene rings is 1. The summed E-state index contributed by atoms with van der Waals surface area (Å²) in [4.78, 5) is 25.5. The highest BCUT2D eigenvalue weighted by molar-refractivity contribution is 6.31. The number of piperidine rings is 1. The predicted molar refractivity (Wildman–Crippen MR) is 78.0 cm³/mol. The molecule has 2 aliphatic rings. The van der Waals surface area contributed by atoms with E-state index >= 15 is 0 Å². The highest BCUT2D eigenvalue weighted by atomic mass is 35.5. The minimum Gasteiger partial charge on any atom is -0.366 e. The van der Waals surface area contributed by atoms with Gasteiger partial charge in [-0.3, -0.25) is 9.59 Å². The van der Waals surface area contributed by atoms with Crippen LogP contribution in [0, 0.1) is 0 Å². The molecule has 3 rings (SSSR count). The van der Waals surface area contributed by atoms with Gasteiger partial charge in [0.15, 0.2) is 0 Å². The molecule has 21 heavy (non-hydrogen) atoms. The maximum Gasteiger partial charge on any atom is 0.246 e. The van der Waals surface area contributed by atoms with E-state index < -0.39 is 0 Å². The van der Waals surface area contributed by atoms with E-state index in [1.54, 1.807) is 11.0 Å². The van der Waals surface area contributed by atoms with Gasteiger partial charge in [-0.15, -0.1) is 0 Å². The van der Waals surface area contributed by atoms with E-state index in [4.69, 9.17) is 16.3 Å². The fraction of sp³-hybridized carbons (Fsp3) is 0.467. The molecule has 0 aliphatic carbocycles. The van der Waals surface area contributed by atoms with Crippen LogP contribution in [0.5, 0.6) is 0 Å². The van der Waals surface area contributed by atoms with Crippen molar-refractivity contribution in [1.82, 2.24) is 10.2 Å². The molecule has 5 nitrogen and oxygen atoms in total. The van der Waals surface area contributed by atoms with Crippen molar-refractivity contribution in [2.24, 2.45) is 0 Å². The van der Waals surface area contributed by atoms with Crippen molar-refractivity contribution in [1.29, 1.82) is 0 Å².